The fraction of sp³-hybridized carbons (Fsp3) is 0.483. The summed E-state index contributed by atoms with van der Waals surface area (Å²) in [7, 11) is 0. The zero-order valence-electron chi connectivity index (χ0n) is 21.5. The van der Waals surface area contributed by atoms with E-state index in [9.17, 15) is 5.11 Å². The molecule has 9 heteroatoms. The van der Waals surface area contributed by atoms with E-state index in [0.29, 0.717) is 17.7 Å². The Morgan fingerprint density at radius 3 is 2.50 bits per heavy atom. The van der Waals surface area contributed by atoms with Crippen molar-refractivity contribution in [1.82, 2.24) is 15.0 Å². The number of fused-ring (bicyclic) bond motifs is 2. The average molecular weight is 532 g/mol. The number of aliphatic hydroxyl groups is 1. The molecule has 0 unspecified atom stereocenters. The van der Waals surface area contributed by atoms with Gasteiger partial charge in [0, 0.05) is 32.5 Å². The van der Waals surface area contributed by atoms with Gasteiger partial charge in [0.1, 0.15) is 17.3 Å². The molecule has 0 saturated carbocycles. The highest BCUT2D eigenvalue weighted by molar-refractivity contribution is 7.99. The van der Waals surface area contributed by atoms with E-state index in [2.05, 4.69) is 39.5 Å². The molecule has 3 aliphatic heterocycles. The predicted octanol–water partition coefficient (Wildman–Crippen LogP) is 4.25. The lowest BCUT2D eigenvalue weighted by Gasteiger charge is -2.41. The Labute approximate surface area is 227 Å². The summed E-state index contributed by atoms with van der Waals surface area (Å²) in [5, 5.41) is 14.6. The second-order valence-electron chi connectivity index (χ2n) is 11.1. The second kappa shape index (κ2) is 9.70. The van der Waals surface area contributed by atoms with Crippen LogP contribution in [0.15, 0.2) is 52.6 Å². The van der Waals surface area contributed by atoms with E-state index in [1.807, 2.05) is 12.3 Å². The molecular weight excluding hydrogens is 498 g/mol. The topological polar surface area (TPSA) is 92.6 Å². The minimum Gasteiger partial charge on any atom is -0.486 e. The molecule has 2 fully saturated rings. The van der Waals surface area contributed by atoms with E-state index in [4.69, 9.17) is 19.4 Å². The summed E-state index contributed by atoms with van der Waals surface area (Å²) in [6, 6.07) is 10.8. The van der Waals surface area contributed by atoms with Gasteiger partial charge in [-0.25, -0.2) is 15.0 Å². The van der Waals surface area contributed by atoms with Crippen molar-refractivity contribution < 1.29 is 14.6 Å². The SMILES string of the molecule is OCc1nc(Sc2ccnc3c2OCC2(CCOCC2)N3)cnc1N1CCC2(CC1)Cc1ccccc1C2. The average Bonchev–Trinajstić information content (AvgIpc) is 3.31. The van der Waals surface area contributed by atoms with E-state index in [1.54, 1.807) is 6.20 Å². The molecule has 3 aromatic rings. The minimum atomic E-state index is -0.138. The van der Waals surface area contributed by atoms with Gasteiger partial charge in [-0.2, -0.15) is 0 Å². The van der Waals surface area contributed by atoms with Crippen LogP contribution in [-0.4, -0.2) is 58.5 Å². The Morgan fingerprint density at radius 1 is 1.00 bits per heavy atom. The Hall–Kier alpha value is -2.88. The normalized spacial score (nSPS) is 21.0. The quantitative estimate of drug-likeness (QED) is 0.512. The number of aromatic nitrogens is 3. The molecule has 4 aliphatic rings. The van der Waals surface area contributed by atoms with Crippen LogP contribution in [0.5, 0.6) is 5.75 Å². The Balaban J connectivity index is 1.05. The maximum absolute atomic E-state index is 10.2. The maximum Gasteiger partial charge on any atom is 0.175 e. The zero-order valence-corrected chi connectivity index (χ0v) is 22.3. The number of pyridine rings is 1. The summed E-state index contributed by atoms with van der Waals surface area (Å²) in [4.78, 5) is 17.4. The summed E-state index contributed by atoms with van der Waals surface area (Å²) in [5.41, 5.74) is 3.91. The van der Waals surface area contributed by atoms with Crippen molar-refractivity contribution >= 4 is 23.4 Å². The van der Waals surface area contributed by atoms with Crippen molar-refractivity contribution in [3.05, 3.63) is 59.5 Å². The minimum absolute atomic E-state index is 0.110. The van der Waals surface area contributed by atoms with E-state index in [1.165, 1.54) is 35.7 Å². The second-order valence-corrected chi connectivity index (χ2v) is 12.2. The van der Waals surface area contributed by atoms with E-state index in [-0.39, 0.29) is 12.1 Å². The highest BCUT2D eigenvalue weighted by Gasteiger charge is 2.41. The van der Waals surface area contributed by atoms with Gasteiger partial charge in [0.05, 0.1) is 23.2 Å². The van der Waals surface area contributed by atoms with Crippen LogP contribution in [-0.2, 0) is 24.2 Å². The van der Waals surface area contributed by atoms with Crippen LogP contribution in [0.1, 0.15) is 42.5 Å². The third kappa shape index (κ3) is 4.40. The number of anilines is 2. The first-order chi connectivity index (χ1) is 18.6. The molecule has 1 aliphatic carbocycles. The van der Waals surface area contributed by atoms with E-state index in [0.717, 1.165) is 79.3 Å². The molecule has 2 N–H and O–H groups in total. The molecule has 2 aromatic heterocycles. The number of nitrogens with zero attached hydrogens (tertiary/aromatic N) is 4. The highest BCUT2D eigenvalue weighted by atomic mass is 32.2. The molecule has 38 heavy (non-hydrogen) atoms. The van der Waals surface area contributed by atoms with E-state index >= 15 is 0 Å². The Kier molecular flexibility index (Phi) is 6.17. The summed E-state index contributed by atoms with van der Waals surface area (Å²) in [5.74, 6) is 2.33. The predicted molar refractivity (Wildman–Crippen MR) is 146 cm³/mol. The van der Waals surface area contributed by atoms with Gasteiger partial charge in [0.15, 0.2) is 17.4 Å². The molecule has 1 aromatic carbocycles. The Bertz CT molecular complexity index is 1310. The van der Waals surface area contributed by atoms with E-state index < -0.39 is 0 Å². The van der Waals surface area contributed by atoms with Crippen LogP contribution in [0.4, 0.5) is 11.6 Å². The maximum atomic E-state index is 10.2. The summed E-state index contributed by atoms with van der Waals surface area (Å²) >= 11 is 1.50. The molecule has 198 valence electrons. The number of nitrogens with one attached hydrogen (secondary N) is 1. The molecule has 2 saturated heterocycles. The molecular formula is C29H33N5O3S. The fourth-order valence-corrected chi connectivity index (χ4v) is 7.39. The third-order valence-corrected chi connectivity index (χ3v) is 9.68. The number of rotatable bonds is 4. The smallest absolute Gasteiger partial charge is 0.175 e. The summed E-state index contributed by atoms with van der Waals surface area (Å²) in [6.45, 7) is 3.80. The fourth-order valence-electron chi connectivity index (χ4n) is 6.52. The van der Waals surface area contributed by atoms with Crippen LogP contribution >= 0.6 is 11.8 Å². The summed E-state index contributed by atoms with van der Waals surface area (Å²) in [6.07, 6.45) is 10.0. The number of ether oxygens (including phenoxy) is 2. The lowest BCUT2D eigenvalue weighted by atomic mass is 9.76. The molecule has 2 spiro atoms. The molecule has 7 rings (SSSR count). The van der Waals surface area contributed by atoms with Crippen LogP contribution in [0, 0.1) is 5.41 Å². The lowest BCUT2D eigenvalue weighted by molar-refractivity contribution is 0.0378. The van der Waals surface area contributed by atoms with Crippen LogP contribution < -0.4 is 15.0 Å². The van der Waals surface area contributed by atoms with Crippen molar-refractivity contribution in [3.63, 3.8) is 0 Å². The lowest BCUT2D eigenvalue weighted by Crippen LogP contribution is -2.51. The molecule has 0 amide bonds. The highest BCUT2D eigenvalue weighted by Crippen LogP contribution is 2.46. The number of aliphatic hydroxyl groups excluding tert-OH is 1. The van der Waals surface area contributed by atoms with Gasteiger partial charge in [0.2, 0.25) is 0 Å². The number of hydrogen-bond donors (Lipinski definition) is 2. The number of hydrogen-bond acceptors (Lipinski definition) is 9. The van der Waals surface area contributed by atoms with Gasteiger partial charge in [-0.05, 0) is 61.1 Å². The van der Waals surface area contributed by atoms with Crippen molar-refractivity contribution in [2.45, 2.75) is 60.6 Å². The van der Waals surface area contributed by atoms with Gasteiger partial charge in [-0.3, -0.25) is 0 Å². The Morgan fingerprint density at radius 2 is 1.76 bits per heavy atom. The van der Waals surface area contributed by atoms with Gasteiger partial charge in [-0.15, -0.1) is 0 Å². The summed E-state index contributed by atoms with van der Waals surface area (Å²) < 4.78 is 11.8. The zero-order chi connectivity index (χ0) is 25.6. The largest absolute Gasteiger partial charge is 0.486 e. The van der Waals surface area contributed by atoms with Crippen molar-refractivity contribution in [2.75, 3.05) is 43.1 Å². The van der Waals surface area contributed by atoms with Gasteiger partial charge in [-0.1, -0.05) is 36.0 Å². The number of piperidine rings is 1. The molecule has 8 nitrogen and oxygen atoms in total. The first-order valence-electron chi connectivity index (χ1n) is 13.6. The third-order valence-electron chi connectivity index (χ3n) is 8.73. The van der Waals surface area contributed by atoms with Gasteiger partial charge < -0.3 is 24.8 Å². The molecule has 0 radical (unpaired) electrons. The van der Waals surface area contributed by atoms with Crippen LogP contribution in [0.25, 0.3) is 0 Å². The van der Waals surface area contributed by atoms with Crippen LogP contribution in [0.2, 0.25) is 0 Å². The molecule has 5 heterocycles. The standard InChI is InChI=1S/C29H33N5O3S/c35-18-22-27(34-11-6-28(7-12-34)15-20-3-1-2-4-21(20)16-28)31-17-24(32-22)38-23-5-10-30-26-25(23)37-19-29(33-26)8-13-36-14-9-29/h1-5,10,17,35H,6-9,11-16,18-19H2,(H,30,33). The van der Waals surface area contributed by atoms with Crippen molar-refractivity contribution in [3.8, 4) is 5.75 Å². The van der Waals surface area contributed by atoms with Crippen molar-refractivity contribution in [2.24, 2.45) is 5.41 Å². The van der Waals surface area contributed by atoms with Crippen molar-refractivity contribution in [1.29, 1.82) is 0 Å². The number of benzene rings is 1. The first kappa shape index (κ1) is 24.2. The monoisotopic (exact) mass is 531 g/mol. The molecule has 0 atom stereocenters. The van der Waals surface area contributed by atoms with Gasteiger partial charge in [0.25, 0.3) is 0 Å². The molecule has 0 bridgehead atoms. The van der Waals surface area contributed by atoms with Gasteiger partial charge >= 0.3 is 0 Å². The van der Waals surface area contributed by atoms with Crippen LogP contribution in [0.3, 0.4) is 0 Å². The first-order valence-corrected chi connectivity index (χ1v) is 14.4.